The molecule has 23 heavy (non-hydrogen) atoms. The van der Waals surface area contributed by atoms with Crippen molar-refractivity contribution in [2.75, 3.05) is 0 Å². The second-order valence-electron chi connectivity index (χ2n) is 5.43. The van der Waals surface area contributed by atoms with Gasteiger partial charge in [-0.2, -0.15) is 0 Å². The molecule has 1 aromatic carbocycles. The quantitative estimate of drug-likeness (QED) is 0.841. The molecule has 1 rings (SSSR count). The van der Waals surface area contributed by atoms with Gasteiger partial charge in [-0.05, 0) is 39.2 Å². The third-order valence-electron chi connectivity index (χ3n) is 2.97. The third-order valence-corrected chi connectivity index (χ3v) is 2.97. The van der Waals surface area contributed by atoms with Crippen LogP contribution in [-0.4, -0.2) is 24.1 Å². The second kappa shape index (κ2) is 8.56. The molecule has 0 aliphatic heterocycles. The lowest BCUT2D eigenvalue weighted by molar-refractivity contribution is -0.124. The maximum absolute atomic E-state index is 13.1. The van der Waals surface area contributed by atoms with E-state index in [1.807, 2.05) is 6.92 Å². The van der Waals surface area contributed by atoms with Crippen LogP contribution in [0, 0.1) is 12.8 Å². The fourth-order valence-corrected chi connectivity index (χ4v) is 1.79. The van der Waals surface area contributed by atoms with Gasteiger partial charge in [0.15, 0.2) is 0 Å². The Morgan fingerprint density at radius 2 is 1.74 bits per heavy atom. The van der Waals surface area contributed by atoms with Crippen molar-refractivity contribution in [1.29, 1.82) is 0 Å². The zero-order valence-electron chi connectivity index (χ0n) is 21.7. The minimum atomic E-state index is -3.71. The van der Waals surface area contributed by atoms with Crippen LogP contribution in [0.2, 0.25) is 0 Å². The van der Waals surface area contributed by atoms with Gasteiger partial charge in [-0.1, -0.05) is 43.5 Å². The molecule has 0 saturated carbocycles. The van der Waals surface area contributed by atoms with Gasteiger partial charge < -0.3 is 15.4 Å². The molecule has 0 heterocycles. The first kappa shape index (κ1) is 9.96. The lowest BCUT2D eigenvalue weighted by Crippen LogP contribution is -2.50. The van der Waals surface area contributed by atoms with E-state index in [1.165, 1.54) is 20.8 Å². The largest absolute Gasteiger partial charge is 0.447 e. The van der Waals surface area contributed by atoms with Crippen molar-refractivity contribution in [2.24, 2.45) is 5.89 Å². The minimum Gasteiger partial charge on any atom is -0.447 e. The highest BCUT2D eigenvalue weighted by atomic mass is 16.6. The lowest BCUT2D eigenvalue weighted by atomic mass is 10.0. The van der Waals surface area contributed by atoms with Gasteiger partial charge in [0.2, 0.25) is 5.91 Å². The summed E-state index contributed by atoms with van der Waals surface area (Å²) in [5.41, 5.74) is 1.54. The van der Waals surface area contributed by atoms with Crippen molar-refractivity contribution in [3.8, 4) is 0 Å². The van der Waals surface area contributed by atoms with Crippen LogP contribution in [0.25, 0.3) is 0 Å². The number of hydrogen-bond acceptors (Lipinski definition) is 3. The van der Waals surface area contributed by atoms with Gasteiger partial charge in [0.1, 0.15) is 6.02 Å². The van der Waals surface area contributed by atoms with Crippen LogP contribution in [0.3, 0.4) is 0 Å². The molecule has 128 valence electrons. The van der Waals surface area contributed by atoms with Crippen LogP contribution in [0.5, 0.6) is 0 Å². The molecule has 0 spiro atoms. The number of amides is 2. The fourth-order valence-electron chi connectivity index (χ4n) is 1.79. The number of nitrogens with one attached hydrogen (secondary N) is 2. The number of hydrogen-bond donors (Lipinski definition) is 2. The molecule has 2 N–H and O–H groups in total. The van der Waals surface area contributed by atoms with Crippen molar-refractivity contribution < 1.29 is 25.3 Å². The van der Waals surface area contributed by atoms with Crippen LogP contribution in [-0.2, 0) is 9.53 Å². The van der Waals surface area contributed by atoms with Crippen LogP contribution in [0.15, 0.2) is 24.3 Å². The van der Waals surface area contributed by atoms with E-state index in [4.69, 9.17) is 15.7 Å². The summed E-state index contributed by atoms with van der Waals surface area (Å²) in [4.78, 5) is 25.3. The Morgan fingerprint density at radius 1 is 1.13 bits per heavy atom. The Kier molecular flexibility index (Phi) is 3.70. The molecule has 2 atom stereocenters. The fraction of sp³-hybridized carbons (Fsp3) is 0.556. The van der Waals surface area contributed by atoms with Gasteiger partial charge in [-0.15, -0.1) is 0 Å². The average Bonchev–Trinajstić information content (AvgIpc) is 2.58. The first-order valence-electron chi connectivity index (χ1n) is 11.2. The van der Waals surface area contributed by atoms with E-state index in [0.29, 0.717) is 5.56 Å². The lowest BCUT2D eigenvalue weighted by Gasteiger charge is -2.24. The van der Waals surface area contributed by atoms with E-state index in [-0.39, 0.29) is 0 Å². The van der Waals surface area contributed by atoms with Crippen LogP contribution < -0.4 is 10.6 Å². The summed E-state index contributed by atoms with van der Waals surface area (Å²) < 4.78 is 67.5. The summed E-state index contributed by atoms with van der Waals surface area (Å²) in [6, 6.07) is 2.70. The number of rotatable bonds is 6. The van der Waals surface area contributed by atoms with Crippen LogP contribution >= 0.6 is 0 Å². The summed E-state index contributed by atoms with van der Waals surface area (Å²) in [6.07, 6.45) is -2.10. The number of ether oxygens (including phenoxy) is 1. The molecule has 5 nitrogen and oxygen atoms in total. The van der Waals surface area contributed by atoms with Crippen LogP contribution in [0.1, 0.15) is 62.6 Å². The molecule has 0 fully saturated rings. The highest BCUT2D eigenvalue weighted by Crippen LogP contribution is 2.14. The van der Waals surface area contributed by atoms with Gasteiger partial charge in [0.25, 0.3) is 0 Å². The van der Waals surface area contributed by atoms with Gasteiger partial charge >= 0.3 is 6.09 Å². The predicted molar refractivity (Wildman–Crippen MR) is 91.1 cm³/mol. The maximum Gasteiger partial charge on any atom is 0.408 e. The first-order valence-corrected chi connectivity index (χ1v) is 7.23. The van der Waals surface area contributed by atoms with E-state index >= 15 is 0 Å². The maximum atomic E-state index is 13.1. The Labute approximate surface area is 150 Å². The number of carbonyl (C=O) groups excluding carboxylic acids is 2. The van der Waals surface area contributed by atoms with Crippen molar-refractivity contribution in [2.45, 2.75) is 59.6 Å². The SMILES string of the molecule is [2H]C([2H])([2H])C([2H])(C([2H])([2H])[2H])[C@]([2H])(NC(=O)OC(C)C)C(=O)NC(C)c1ccc(C)cc1. The van der Waals surface area contributed by atoms with Gasteiger partial charge in [-0.3, -0.25) is 4.79 Å². The zero-order chi connectivity index (χ0) is 24.4. The van der Waals surface area contributed by atoms with Crippen molar-refractivity contribution in [3.05, 3.63) is 35.4 Å². The van der Waals surface area contributed by atoms with Crippen molar-refractivity contribution in [1.82, 2.24) is 10.6 Å². The Morgan fingerprint density at radius 3 is 2.26 bits per heavy atom. The number of benzene rings is 1. The molecule has 0 aliphatic carbocycles. The summed E-state index contributed by atoms with van der Waals surface area (Å²) in [6.45, 7) is -0.970. The Hall–Kier alpha value is -2.04. The molecule has 0 bridgehead atoms. The van der Waals surface area contributed by atoms with Gasteiger partial charge in [0.05, 0.1) is 13.5 Å². The predicted octanol–water partition coefficient (Wildman–Crippen LogP) is 3.33. The summed E-state index contributed by atoms with van der Waals surface area (Å²) >= 11 is 0. The second-order valence-corrected chi connectivity index (χ2v) is 5.43. The average molecular weight is 328 g/mol. The smallest absolute Gasteiger partial charge is 0.408 e. The molecule has 0 aromatic heterocycles. The molecule has 1 unspecified atom stereocenters. The first-order chi connectivity index (χ1) is 13.9. The topological polar surface area (TPSA) is 67.4 Å². The van der Waals surface area contributed by atoms with E-state index in [0.717, 1.165) is 5.56 Å². The summed E-state index contributed by atoms with van der Waals surface area (Å²) in [7, 11) is 0. The van der Waals surface area contributed by atoms with E-state index in [9.17, 15) is 9.59 Å². The van der Waals surface area contributed by atoms with E-state index < -0.39 is 49.8 Å². The van der Waals surface area contributed by atoms with Crippen molar-refractivity contribution >= 4 is 12.0 Å². The minimum absolute atomic E-state index is 0.587. The molecule has 2 amide bonds. The molecular formula is C18H28N2O3. The zero-order valence-corrected chi connectivity index (χ0v) is 13.7. The monoisotopic (exact) mass is 328 g/mol. The number of carbonyl (C=O) groups is 2. The Balaban J connectivity index is 3.48. The standard InChI is InChI=1S/C18H28N2O3/c1-11(2)16(20-18(22)23-12(3)4)17(21)19-14(6)15-9-7-13(5)8-10-15/h7-12,14,16H,1-6H3,(H,19,21)(H,20,22)/t14?,16-/m0/s1/i1D3,2D3,11D,16D. The Bertz CT molecular complexity index is 778. The van der Waals surface area contributed by atoms with Gasteiger partial charge in [-0.25, -0.2) is 4.79 Å². The molecule has 1 aromatic rings. The molecule has 0 saturated heterocycles. The third kappa shape index (κ3) is 6.30. The normalized spacial score (nSPS) is 21.6. The highest BCUT2D eigenvalue weighted by molar-refractivity contribution is 5.86. The number of alkyl carbamates (subject to hydrolysis) is 1. The molecule has 0 aliphatic rings. The summed E-state index contributed by atoms with van der Waals surface area (Å²) in [5.74, 6) is -5.18. The van der Waals surface area contributed by atoms with Gasteiger partial charge in [0, 0.05) is 9.60 Å². The summed E-state index contributed by atoms with van der Waals surface area (Å²) in [5, 5.41) is 4.08. The number of aryl methyl sites for hydroxylation is 1. The molecule has 5 heteroatoms. The molecular weight excluding hydrogens is 292 g/mol. The molecule has 0 radical (unpaired) electrons. The van der Waals surface area contributed by atoms with E-state index in [1.54, 1.807) is 29.6 Å². The van der Waals surface area contributed by atoms with E-state index in [2.05, 4.69) is 5.32 Å². The van der Waals surface area contributed by atoms with Crippen LogP contribution in [0.4, 0.5) is 4.79 Å². The highest BCUT2D eigenvalue weighted by Gasteiger charge is 2.26. The van der Waals surface area contributed by atoms with Crippen molar-refractivity contribution in [3.63, 3.8) is 0 Å².